The fraction of sp³-hybridized carbons (Fsp3) is 0.259. The van der Waals surface area contributed by atoms with Gasteiger partial charge >= 0.3 is 0 Å². The van der Waals surface area contributed by atoms with Crippen LogP contribution in [0.1, 0.15) is 44.6 Å². The summed E-state index contributed by atoms with van der Waals surface area (Å²) in [5.41, 5.74) is 2.95. The summed E-state index contributed by atoms with van der Waals surface area (Å²) in [6, 6.07) is 11.2. The molecule has 0 radical (unpaired) electrons. The van der Waals surface area contributed by atoms with E-state index < -0.39 is 0 Å². The third-order valence-electron chi connectivity index (χ3n) is 6.89. The van der Waals surface area contributed by atoms with Gasteiger partial charge in [-0.2, -0.15) is 0 Å². The van der Waals surface area contributed by atoms with Gasteiger partial charge < -0.3 is 15.5 Å². The molecule has 0 spiro atoms. The lowest BCUT2D eigenvalue weighted by Crippen LogP contribution is -2.46. The van der Waals surface area contributed by atoms with E-state index in [2.05, 4.69) is 20.9 Å². The molecule has 2 N–H and O–H groups in total. The lowest BCUT2D eigenvalue weighted by atomic mass is 9.98. The molecule has 40 heavy (non-hydrogen) atoms. The number of nitrogens with one attached hydrogen (secondary N) is 2. The molecule has 0 aliphatic carbocycles. The summed E-state index contributed by atoms with van der Waals surface area (Å²) in [6.45, 7) is 2.33. The van der Waals surface area contributed by atoms with Gasteiger partial charge in [-0.1, -0.05) is 28.4 Å². The van der Waals surface area contributed by atoms with Gasteiger partial charge in [0.15, 0.2) is 0 Å². The zero-order chi connectivity index (χ0) is 28.6. The monoisotopic (exact) mass is 580 g/mol. The van der Waals surface area contributed by atoms with E-state index >= 15 is 0 Å². The van der Waals surface area contributed by atoms with E-state index in [-0.39, 0.29) is 40.9 Å². The molecule has 0 bridgehead atoms. The normalized spacial score (nSPS) is 14.5. The van der Waals surface area contributed by atoms with Crippen molar-refractivity contribution in [1.29, 1.82) is 0 Å². The van der Waals surface area contributed by atoms with Crippen molar-refractivity contribution in [1.82, 2.24) is 34.8 Å². The standard InChI is InChI=1S/C27H26Cl2N8O3/c1-15-10-20-23(14-36(15)25(39)17-6-9-21(28)22(29)11-17)33-27(31-12-19-13-32-34-35(19)3)37(26(20)40)18-7-4-16(5-8-18)24(38)30-2/h4-9,11,13,15H,10,12,14H2,1-3H3,(H,30,38)(H,31,33)/t15-/m1/s1. The van der Waals surface area contributed by atoms with E-state index in [1.165, 1.54) is 10.6 Å². The molecular formula is C27H26Cl2N8O3. The summed E-state index contributed by atoms with van der Waals surface area (Å²) in [7, 11) is 3.32. The predicted octanol–water partition coefficient (Wildman–Crippen LogP) is 3.23. The average molecular weight is 581 g/mol. The number of carbonyl (C=O) groups is 2. The van der Waals surface area contributed by atoms with Gasteiger partial charge in [0.1, 0.15) is 0 Å². The van der Waals surface area contributed by atoms with Crippen molar-refractivity contribution in [2.45, 2.75) is 32.5 Å². The van der Waals surface area contributed by atoms with Crippen LogP contribution in [-0.2, 0) is 26.6 Å². The highest BCUT2D eigenvalue weighted by atomic mass is 35.5. The van der Waals surface area contributed by atoms with E-state index in [1.54, 1.807) is 66.3 Å². The Morgan fingerprint density at radius 2 is 1.80 bits per heavy atom. The molecule has 0 saturated heterocycles. The summed E-state index contributed by atoms with van der Waals surface area (Å²) in [5, 5.41) is 14.3. The van der Waals surface area contributed by atoms with Crippen molar-refractivity contribution in [2.75, 3.05) is 12.4 Å². The Labute approximate surface area is 239 Å². The molecule has 1 aliphatic heterocycles. The van der Waals surface area contributed by atoms with Crippen LogP contribution in [0.4, 0.5) is 5.95 Å². The third-order valence-corrected chi connectivity index (χ3v) is 7.63. The number of amides is 2. The number of carbonyl (C=O) groups excluding carboxylic acids is 2. The first-order chi connectivity index (χ1) is 19.2. The highest BCUT2D eigenvalue weighted by Crippen LogP contribution is 2.27. The Balaban J connectivity index is 1.55. The minimum absolute atomic E-state index is 0.142. The van der Waals surface area contributed by atoms with Crippen LogP contribution in [-0.4, -0.2) is 54.3 Å². The number of aryl methyl sites for hydroxylation is 1. The first kappa shape index (κ1) is 27.4. The lowest BCUT2D eigenvalue weighted by Gasteiger charge is -2.34. The fourth-order valence-electron chi connectivity index (χ4n) is 4.63. The number of rotatable bonds is 6. The van der Waals surface area contributed by atoms with Crippen LogP contribution < -0.4 is 16.2 Å². The van der Waals surface area contributed by atoms with Crippen molar-refractivity contribution in [3.05, 3.63) is 97.1 Å². The number of hydrogen-bond donors (Lipinski definition) is 2. The highest BCUT2D eigenvalue weighted by molar-refractivity contribution is 6.42. The van der Waals surface area contributed by atoms with Crippen molar-refractivity contribution < 1.29 is 9.59 Å². The molecule has 1 atom stereocenters. The number of halogens is 2. The summed E-state index contributed by atoms with van der Waals surface area (Å²) in [5.74, 6) is -0.179. The molecule has 0 unspecified atom stereocenters. The van der Waals surface area contributed by atoms with Crippen molar-refractivity contribution in [3.8, 4) is 5.69 Å². The molecule has 0 fully saturated rings. The van der Waals surface area contributed by atoms with Crippen LogP contribution in [0.15, 0.2) is 53.5 Å². The van der Waals surface area contributed by atoms with Gasteiger partial charge in [-0.05, 0) is 55.8 Å². The number of fused-ring (bicyclic) bond motifs is 1. The molecule has 2 aromatic carbocycles. The summed E-state index contributed by atoms with van der Waals surface area (Å²) in [4.78, 5) is 45.9. The van der Waals surface area contributed by atoms with Crippen LogP contribution in [0, 0.1) is 0 Å². The SMILES string of the molecule is CNC(=O)c1ccc(-n2c(NCc3cnnn3C)nc3c(c2=O)C[C@@H](C)N(C(=O)c2ccc(Cl)c(Cl)c2)C3)cc1. The minimum atomic E-state index is -0.271. The van der Waals surface area contributed by atoms with Crippen LogP contribution in [0.2, 0.25) is 10.0 Å². The van der Waals surface area contributed by atoms with Crippen LogP contribution in [0.3, 0.4) is 0 Å². The second-order valence-electron chi connectivity index (χ2n) is 9.44. The van der Waals surface area contributed by atoms with Crippen LogP contribution in [0.5, 0.6) is 0 Å². The summed E-state index contributed by atoms with van der Waals surface area (Å²) >= 11 is 12.2. The van der Waals surface area contributed by atoms with E-state index in [0.717, 1.165) is 5.69 Å². The number of nitrogens with zero attached hydrogens (tertiary/aromatic N) is 6. The number of anilines is 1. The van der Waals surface area contributed by atoms with Gasteiger partial charge in [-0.3, -0.25) is 19.1 Å². The van der Waals surface area contributed by atoms with Gasteiger partial charge in [0.2, 0.25) is 5.95 Å². The van der Waals surface area contributed by atoms with E-state index in [0.29, 0.717) is 46.1 Å². The Morgan fingerprint density at radius 3 is 2.45 bits per heavy atom. The second-order valence-corrected chi connectivity index (χ2v) is 10.3. The smallest absolute Gasteiger partial charge is 0.263 e. The molecule has 3 heterocycles. The van der Waals surface area contributed by atoms with E-state index in [9.17, 15) is 14.4 Å². The molecule has 206 valence electrons. The molecule has 5 rings (SSSR count). The fourth-order valence-corrected chi connectivity index (χ4v) is 4.93. The van der Waals surface area contributed by atoms with Crippen molar-refractivity contribution in [2.24, 2.45) is 7.05 Å². The molecule has 0 saturated carbocycles. The molecule has 2 amide bonds. The average Bonchev–Trinajstić information content (AvgIpc) is 3.37. The van der Waals surface area contributed by atoms with Gasteiger partial charge in [0, 0.05) is 36.8 Å². The predicted molar refractivity (Wildman–Crippen MR) is 151 cm³/mol. The van der Waals surface area contributed by atoms with Gasteiger partial charge in [0.05, 0.1) is 46.4 Å². The molecule has 11 nitrogen and oxygen atoms in total. The Bertz CT molecular complexity index is 1670. The Kier molecular flexibility index (Phi) is 7.59. The largest absolute Gasteiger partial charge is 0.355 e. The van der Waals surface area contributed by atoms with Crippen molar-refractivity contribution in [3.63, 3.8) is 0 Å². The maximum atomic E-state index is 14.0. The minimum Gasteiger partial charge on any atom is -0.355 e. The molecule has 13 heteroatoms. The first-order valence-corrected chi connectivity index (χ1v) is 13.2. The van der Waals surface area contributed by atoms with E-state index in [1.807, 2.05) is 6.92 Å². The quantitative estimate of drug-likeness (QED) is 0.358. The zero-order valence-electron chi connectivity index (χ0n) is 22.0. The maximum Gasteiger partial charge on any atom is 0.263 e. The number of aromatic nitrogens is 5. The van der Waals surface area contributed by atoms with Gasteiger partial charge in [0.25, 0.3) is 17.4 Å². The topological polar surface area (TPSA) is 127 Å². The Hall–Kier alpha value is -4.22. The molecule has 4 aromatic rings. The maximum absolute atomic E-state index is 14.0. The molecule has 2 aromatic heterocycles. The Morgan fingerprint density at radius 1 is 1.07 bits per heavy atom. The van der Waals surface area contributed by atoms with Crippen LogP contribution in [0.25, 0.3) is 5.69 Å². The number of hydrogen-bond acceptors (Lipinski definition) is 7. The summed E-state index contributed by atoms with van der Waals surface area (Å²) < 4.78 is 3.10. The lowest BCUT2D eigenvalue weighted by molar-refractivity contribution is 0.0653. The molecule has 1 aliphatic rings. The highest BCUT2D eigenvalue weighted by Gasteiger charge is 2.32. The number of benzene rings is 2. The van der Waals surface area contributed by atoms with E-state index in [4.69, 9.17) is 28.2 Å². The summed E-state index contributed by atoms with van der Waals surface area (Å²) in [6.07, 6.45) is 1.93. The van der Waals surface area contributed by atoms with Gasteiger partial charge in [-0.15, -0.1) is 5.10 Å². The molecular weight excluding hydrogens is 555 g/mol. The van der Waals surface area contributed by atoms with Gasteiger partial charge in [-0.25, -0.2) is 9.55 Å². The first-order valence-electron chi connectivity index (χ1n) is 12.5. The zero-order valence-corrected chi connectivity index (χ0v) is 23.5. The second kappa shape index (κ2) is 11.1. The van der Waals surface area contributed by atoms with Crippen LogP contribution >= 0.6 is 23.2 Å². The third kappa shape index (κ3) is 5.17. The van der Waals surface area contributed by atoms with Crippen molar-refractivity contribution >= 4 is 41.0 Å².